The van der Waals surface area contributed by atoms with E-state index in [1.54, 1.807) is 4.57 Å². The van der Waals surface area contributed by atoms with E-state index in [1.807, 2.05) is 67.6 Å². The van der Waals surface area contributed by atoms with Crippen molar-refractivity contribution in [1.29, 1.82) is 0 Å². The van der Waals surface area contributed by atoms with E-state index in [0.29, 0.717) is 12.0 Å². The molecule has 0 unspecified atom stereocenters. The fourth-order valence-corrected chi connectivity index (χ4v) is 3.19. The maximum atomic E-state index is 13.2. The molecule has 0 amide bonds. The minimum Gasteiger partial charge on any atom is -0.507 e. The summed E-state index contributed by atoms with van der Waals surface area (Å²) in [6.45, 7) is 3.96. The Morgan fingerprint density at radius 3 is 2.16 bits per heavy atom. The van der Waals surface area contributed by atoms with Crippen LogP contribution in [0.25, 0.3) is 16.9 Å². The molecule has 3 nitrogen and oxygen atoms in total. The van der Waals surface area contributed by atoms with Crippen molar-refractivity contribution >= 4 is 0 Å². The van der Waals surface area contributed by atoms with Gasteiger partial charge in [-0.3, -0.25) is 9.36 Å². The first-order valence-corrected chi connectivity index (χ1v) is 8.73. The number of hydrogen-bond donors (Lipinski definition) is 1. The van der Waals surface area contributed by atoms with E-state index < -0.39 is 0 Å². The van der Waals surface area contributed by atoms with Crippen molar-refractivity contribution in [2.45, 2.75) is 33.1 Å². The molecule has 0 aliphatic rings. The van der Waals surface area contributed by atoms with Crippen LogP contribution in [-0.4, -0.2) is 9.67 Å². The van der Waals surface area contributed by atoms with E-state index in [9.17, 15) is 9.90 Å². The van der Waals surface area contributed by atoms with Gasteiger partial charge in [0.2, 0.25) is 0 Å². The zero-order valence-corrected chi connectivity index (χ0v) is 14.7. The fraction of sp³-hybridized carbons (Fsp3) is 0.227. The molecule has 0 aliphatic carbocycles. The third-order valence-corrected chi connectivity index (χ3v) is 4.52. The van der Waals surface area contributed by atoms with Crippen molar-refractivity contribution in [1.82, 2.24) is 4.57 Å². The Labute approximate surface area is 148 Å². The van der Waals surface area contributed by atoms with Gasteiger partial charge in [-0.25, -0.2) is 0 Å². The Balaban J connectivity index is 2.36. The van der Waals surface area contributed by atoms with E-state index in [4.69, 9.17) is 0 Å². The number of aromatic hydroxyl groups is 1. The molecule has 1 N–H and O–H groups in total. The third kappa shape index (κ3) is 3.22. The molecule has 3 heteroatoms. The maximum Gasteiger partial charge on any atom is 0.262 e. The number of pyridine rings is 1. The van der Waals surface area contributed by atoms with E-state index in [-0.39, 0.29) is 11.3 Å². The second-order valence-electron chi connectivity index (χ2n) is 6.25. The molecule has 3 aromatic rings. The summed E-state index contributed by atoms with van der Waals surface area (Å²) in [5, 5.41) is 10.7. The summed E-state index contributed by atoms with van der Waals surface area (Å²) in [5.41, 5.74) is 3.57. The SMILES string of the molecule is CCCCc1c(O)c(C)c(-c2ccccc2)n(-c2ccccc2)c1=O. The van der Waals surface area contributed by atoms with Gasteiger partial charge in [-0.2, -0.15) is 0 Å². The molecule has 0 atom stereocenters. The minimum absolute atomic E-state index is 0.129. The molecule has 0 saturated heterocycles. The molecule has 0 saturated carbocycles. The second kappa shape index (κ2) is 7.39. The molecule has 1 heterocycles. The minimum atomic E-state index is -0.137. The van der Waals surface area contributed by atoms with Gasteiger partial charge >= 0.3 is 0 Å². The van der Waals surface area contributed by atoms with Crippen molar-refractivity contribution in [3.63, 3.8) is 0 Å². The van der Waals surface area contributed by atoms with Gasteiger partial charge in [0.05, 0.1) is 11.3 Å². The van der Waals surface area contributed by atoms with Crippen molar-refractivity contribution in [3.05, 3.63) is 82.1 Å². The van der Waals surface area contributed by atoms with Crippen LogP contribution in [-0.2, 0) is 6.42 Å². The van der Waals surface area contributed by atoms with Gasteiger partial charge < -0.3 is 5.11 Å². The number of hydrogen-bond acceptors (Lipinski definition) is 2. The quantitative estimate of drug-likeness (QED) is 0.724. The van der Waals surface area contributed by atoms with Crippen LogP contribution >= 0.6 is 0 Å². The molecule has 2 aromatic carbocycles. The van der Waals surface area contributed by atoms with Crippen molar-refractivity contribution in [3.8, 4) is 22.7 Å². The molecule has 0 spiro atoms. The molecule has 0 fully saturated rings. The lowest BCUT2D eigenvalue weighted by molar-refractivity contribution is 0.459. The number of unbranched alkanes of at least 4 members (excludes halogenated alkanes) is 1. The molecule has 0 radical (unpaired) electrons. The first-order valence-electron chi connectivity index (χ1n) is 8.73. The molecule has 0 aliphatic heterocycles. The fourth-order valence-electron chi connectivity index (χ4n) is 3.19. The van der Waals surface area contributed by atoms with Crippen LogP contribution in [0.1, 0.15) is 30.9 Å². The summed E-state index contributed by atoms with van der Waals surface area (Å²) in [6.07, 6.45) is 2.44. The van der Waals surface area contributed by atoms with E-state index >= 15 is 0 Å². The number of para-hydroxylation sites is 1. The van der Waals surface area contributed by atoms with Gasteiger partial charge in [-0.05, 0) is 37.5 Å². The normalized spacial score (nSPS) is 10.8. The molecule has 128 valence electrons. The Kier molecular flexibility index (Phi) is 5.03. The number of benzene rings is 2. The van der Waals surface area contributed by atoms with Crippen LogP contribution in [0.4, 0.5) is 0 Å². The van der Waals surface area contributed by atoms with Crippen LogP contribution in [0.5, 0.6) is 5.75 Å². The monoisotopic (exact) mass is 333 g/mol. The van der Waals surface area contributed by atoms with Crippen LogP contribution in [0.2, 0.25) is 0 Å². The summed E-state index contributed by atoms with van der Waals surface area (Å²) in [6, 6.07) is 19.4. The molecular formula is C22H23NO2. The van der Waals surface area contributed by atoms with E-state index in [1.165, 1.54) is 0 Å². The number of aromatic nitrogens is 1. The predicted octanol–water partition coefficient (Wildman–Crippen LogP) is 4.86. The molecule has 3 rings (SSSR count). The highest BCUT2D eigenvalue weighted by atomic mass is 16.3. The summed E-state index contributed by atoms with van der Waals surface area (Å²) >= 11 is 0. The smallest absolute Gasteiger partial charge is 0.262 e. The predicted molar refractivity (Wildman–Crippen MR) is 102 cm³/mol. The lowest BCUT2D eigenvalue weighted by Crippen LogP contribution is -2.25. The Bertz CT molecular complexity index is 912. The van der Waals surface area contributed by atoms with Gasteiger partial charge in [-0.15, -0.1) is 0 Å². The maximum absolute atomic E-state index is 13.2. The van der Waals surface area contributed by atoms with Crippen LogP contribution < -0.4 is 5.56 Å². The second-order valence-corrected chi connectivity index (χ2v) is 6.25. The first kappa shape index (κ1) is 17.0. The van der Waals surface area contributed by atoms with Crippen molar-refractivity contribution < 1.29 is 5.11 Å². The average molecular weight is 333 g/mol. The topological polar surface area (TPSA) is 42.2 Å². The Morgan fingerprint density at radius 1 is 0.960 bits per heavy atom. The highest BCUT2D eigenvalue weighted by Crippen LogP contribution is 2.32. The van der Waals surface area contributed by atoms with Gasteiger partial charge in [0.15, 0.2) is 0 Å². The summed E-state index contributed by atoms with van der Waals surface area (Å²) in [4.78, 5) is 13.2. The van der Waals surface area contributed by atoms with Crippen LogP contribution in [0, 0.1) is 6.92 Å². The number of rotatable bonds is 5. The molecule has 1 aromatic heterocycles. The van der Waals surface area contributed by atoms with Gasteiger partial charge in [0.1, 0.15) is 5.75 Å². The standard InChI is InChI=1S/C22H23NO2/c1-3-4-15-19-21(24)16(2)20(17-11-7-5-8-12-17)23(22(19)25)18-13-9-6-10-14-18/h5-14,24H,3-4,15H2,1-2H3. The van der Waals surface area contributed by atoms with Crippen molar-refractivity contribution in [2.24, 2.45) is 0 Å². The van der Waals surface area contributed by atoms with E-state index in [0.717, 1.165) is 35.3 Å². The lowest BCUT2D eigenvalue weighted by atomic mass is 9.99. The third-order valence-electron chi connectivity index (χ3n) is 4.52. The highest BCUT2D eigenvalue weighted by molar-refractivity contribution is 5.69. The summed E-state index contributed by atoms with van der Waals surface area (Å²) in [5.74, 6) is 0.129. The summed E-state index contributed by atoms with van der Waals surface area (Å²) in [7, 11) is 0. The largest absolute Gasteiger partial charge is 0.507 e. The number of nitrogens with zero attached hydrogens (tertiary/aromatic N) is 1. The summed E-state index contributed by atoms with van der Waals surface area (Å²) < 4.78 is 1.73. The van der Waals surface area contributed by atoms with Gasteiger partial charge in [0, 0.05) is 11.3 Å². The Hall–Kier alpha value is -2.81. The zero-order valence-electron chi connectivity index (χ0n) is 14.7. The molecule has 0 bridgehead atoms. The average Bonchev–Trinajstić information content (AvgIpc) is 2.66. The first-order chi connectivity index (χ1) is 12.1. The van der Waals surface area contributed by atoms with Crippen molar-refractivity contribution in [2.75, 3.05) is 0 Å². The van der Waals surface area contributed by atoms with Crippen LogP contribution in [0.3, 0.4) is 0 Å². The zero-order chi connectivity index (χ0) is 17.8. The lowest BCUT2D eigenvalue weighted by Gasteiger charge is -2.19. The molecule has 25 heavy (non-hydrogen) atoms. The van der Waals surface area contributed by atoms with Gasteiger partial charge in [-0.1, -0.05) is 61.9 Å². The highest BCUT2D eigenvalue weighted by Gasteiger charge is 2.20. The van der Waals surface area contributed by atoms with E-state index in [2.05, 4.69) is 6.92 Å². The Morgan fingerprint density at radius 2 is 1.56 bits per heavy atom. The van der Waals surface area contributed by atoms with Crippen LogP contribution in [0.15, 0.2) is 65.5 Å². The van der Waals surface area contributed by atoms with Gasteiger partial charge in [0.25, 0.3) is 5.56 Å². The molecular weight excluding hydrogens is 310 g/mol.